The minimum atomic E-state index is 0.629. The van der Waals surface area contributed by atoms with Gasteiger partial charge in [-0.3, -0.25) is 0 Å². The maximum Gasteiger partial charge on any atom is 0.0357 e. The van der Waals surface area contributed by atoms with Crippen LogP contribution in [-0.2, 0) is 0 Å². The van der Waals surface area contributed by atoms with Crippen molar-refractivity contribution >= 4 is 0 Å². The lowest BCUT2D eigenvalue weighted by Crippen LogP contribution is -2.21. The average molecular weight is 137 g/mol. The summed E-state index contributed by atoms with van der Waals surface area (Å²) in [7, 11) is 0. The van der Waals surface area contributed by atoms with Crippen molar-refractivity contribution in [2.45, 2.75) is 20.8 Å². The molecular weight excluding hydrogens is 122 g/mol. The van der Waals surface area contributed by atoms with E-state index in [1.54, 1.807) is 0 Å². The van der Waals surface area contributed by atoms with Gasteiger partial charge in [0.2, 0.25) is 0 Å². The van der Waals surface area contributed by atoms with Crippen LogP contribution in [0.2, 0.25) is 0 Å². The molecule has 0 bridgehead atoms. The molecule has 1 aliphatic rings. The topological polar surface area (TPSA) is 12.0 Å². The summed E-state index contributed by atoms with van der Waals surface area (Å²) in [6.45, 7) is 7.56. The molecule has 0 aromatic heterocycles. The second kappa shape index (κ2) is 2.91. The quantitative estimate of drug-likeness (QED) is 0.583. The predicted octanol–water partition coefficient (Wildman–Crippen LogP) is 2.08. The summed E-state index contributed by atoms with van der Waals surface area (Å²) in [4.78, 5) is 0. The van der Waals surface area contributed by atoms with E-state index in [2.05, 4.69) is 38.2 Å². The smallest absolute Gasteiger partial charge is 0.0357 e. The Labute approximate surface area is 62.8 Å². The molecule has 56 valence electrons. The van der Waals surface area contributed by atoms with Crippen molar-refractivity contribution in [2.24, 2.45) is 5.92 Å². The average Bonchev–Trinajstić information content (AvgIpc) is 1.88. The molecule has 0 atom stereocenters. The van der Waals surface area contributed by atoms with Crippen LogP contribution in [0.4, 0.5) is 0 Å². The van der Waals surface area contributed by atoms with E-state index in [1.807, 2.05) is 0 Å². The first-order valence-electron chi connectivity index (χ1n) is 3.81. The van der Waals surface area contributed by atoms with Crippen LogP contribution in [0.5, 0.6) is 0 Å². The van der Waals surface area contributed by atoms with E-state index in [0.717, 1.165) is 6.54 Å². The monoisotopic (exact) mass is 137 g/mol. The minimum absolute atomic E-state index is 0.629. The van der Waals surface area contributed by atoms with Crippen LogP contribution >= 0.6 is 0 Å². The van der Waals surface area contributed by atoms with Gasteiger partial charge in [0.15, 0.2) is 0 Å². The van der Waals surface area contributed by atoms with Crippen LogP contribution in [-0.4, -0.2) is 6.54 Å². The molecule has 0 radical (unpaired) electrons. The zero-order valence-electron chi connectivity index (χ0n) is 6.94. The van der Waals surface area contributed by atoms with Crippen LogP contribution in [0.15, 0.2) is 23.4 Å². The molecule has 1 heterocycles. The fourth-order valence-corrected chi connectivity index (χ4v) is 0.988. The Morgan fingerprint density at radius 1 is 1.40 bits per heavy atom. The Balaban J connectivity index is 2.64. The van der Waals surface area contributed by atoms with Gasteiger partial charge in [0.25, 0.3) is 0 Å². The van der Waals surface area contributed by atoms with Crippen molar-refractivity contribution in [2.75, 3.05) is 6.54 Å². The third-order valence-corrected chi connectivity index (χ3v) is 1.74. The van der Waals surface area contributed by atoms with E-state index >= 15 is 0 Å². The van der Waals surface area contributed by atoms with Gasteiger partial charge >= 0.3 is 0 Å². The van der Waals surface area contributed by atoms with E-state index in [4.69, 9.17) is 0 Å². The molecule has 0 saturated heterocycles. The third-order valence-electron chi connectivity index (χ3n) is 1.74. The van der Waals surface area contributed by atoms with Gasteiger partial charge in [0.05, 0.1) is 0 Å². The van der Waals surface area contributed by atoms with Crippen molar-refractivity contribution in [3.63, 3.8) is 0 Å². The molecule has 0 fully saturated rings. The SMILES string of the molecule is CC1=CC=C(C(C)C)NC1. The Kier molecular flexibility index (Phi) is 2.15. The molecule has 0 aromatic rings. The summed E-state index contributed by atoms with van der Waals surface area (Å²) in [5.41, 5.74) is 2.76. The highest BCUT2D eigenvalue weighted by Gasteiger charge is 2.04. The summed E-state index contributed by atoms with van der Waals surface area (Å²) < 4.78 is 0. The Hall–Kier alpha value is -0.720. The fourth-order valence-electron chi connectivity index (χ4n) is 0.988. The molecule has 0 aromatic carbocycles. The normalized spacial score (nSPS) is 18.0. The molecule has 10 heavy (non-hydrogen) atoms. The van der Waals surface area contributed by atoms with Crippen molar-refractivity contribution in [3.05, 3.63) is 23.4 Å². The lowest BCUT2D eigenvalue weighted by molar-refractivity contribution is 0.666. The molecule has 0 saturated carbocycles. The number of hydrogen-bond donors (Lipinski definition) is 1. The van der Waals surface area contributed by atoms with Crippen molar-refractivity contribution in [1.82, 2.24) is 5.32 Å². The highest BCUT2D eigenvalue weighted by molar-refractivity contribution is 5.23. The number of rotatable bonds is 1. The van der Waals surface area contributed by atoms with E-state index < -0.39 is 0 Å². The highest BCUT2D eigenvalue weighted by atomic mass is 14.9. The molecule has 1 nitrogen and oxygen atoms in total. The zero-order chi connectivity index (χ0) is 7.56. The third kappa shape index (κ3) is 1.63. The maximum absolute atomic E-state index is 3.36. The fraction of sp³-hybridized carbons (Fsp3) is 0.556. The van der Waals surface area contributed by atoms with Crippen LogP contribution in [0, 0.1) is 5.92 Å². The molecular formula is C9H15N. The van der Waals surface area contributed by atoms with Gasteiger partial charge in [-0.05, 0) is 18.9 Å². The molecule has 1 rings (SSSR count). The minimum Gasteiger partial charge on any atom is -0.384 e. The van der Waals surface area contributed by atoms with Crippen LogP contribution in [0.3, 0.4) is 0 Å². The summed E-state index contributed by atoms with van der Waals surface area (Å²) >= 11 is 0. The van der Waals surface area contributed by atoms with Gasteiger partial charge in [0, 0.05) is 12.2 Å². The molecule has 1 N–H and O–H groups in total. The van der Waals surface area contributed by atoms with Crippen LogP contribution < -0.4 is 5.32 Å². The number of allylic oxidation sites excluding steroid dienone is 3. The van der Waals surface area contributed by atoms with Gasteiger partial charge in [-0.15, -0.1) is 0 Å². The molecule has 0 aliphatic carbocycles. The van der Waals surface area contributed by atoms with E-state index in [9.17, 15) is 0 Å². The van der Waals surface area contributed by atoms with E-state index in [1.165, 1.54) is 11.3 Å². The lowest BCUT2D eigenvalue weighted by Gasteiger charge is -2.17. The summed E-state index contributed by atoms with van der Waals surface area (Å²) in [5.74, 6) is 0.629. The second-order valence-electron chi connectivity index (χ2n) is 3.14. The summed E-state index contributed by atoms with van der Waals surface area (Å²) in [6.07, 6.45) is 4.36. The Morgan fingerprint density at radius 2 is 2.10 bits per heavy atom. The standard InChI is InChI=1S/C9H15N/c1-7(2)9-5-4-8(3)6-10-9/h4-5,7,10H,6H2,1-3H3. The van der Waals surface area contributed by atoms with Crippen molar-refractivity contribution in [1.29, 1.82) is 0 Å². The first-order valence-corrected chi connectivity index (χ1v) is 3.81. The zero-order valence-corrected chi connectivity index (χ0v) is 6.94. The van der Waals surface area contributed by atoms with Gasteiger partial charge in [-0.1, -0.05) is 25.5 Å². The van der Waals surface area contributed by atoms with Gasteiger partial charge in [-0.2, -0.15) is 0 Å². The van der Waals surface area contributed by atoms with E-state index in [0.29, 0.717) is 5.92 Å². The molecule has 1 heteroatoms. The van der Waals surface area contributed by atoms with Crippen LogP contribution in [0.1, 0.15) is 20.8 Å². The Bertz CT molecular complexity index is 175. The largest absolute Gasteiger partial charge is 0.384 e. The second-order valence-corrected chi connectivity index (χ2v) is 3.14. The molecule has 0 spiro atoms. The first kappa shape index (κ1) is 7.39. The molecule has 1 aliphatic heterocycles. The number of dihydropyridines is 1. The Morgan fingerprint density at radius 3 is 2.50 bits per heavy atom. The van der Waals surface area contributed by atoms with E-state index in [-0.39, 0.29) is 0 Å². The molecule has 0 amide bonds. The number of hydrogen-bond acceptors (Lipinski definition) is 1. The van der Waals surface area contributed by atoms with Crippen molar-refractivity contribution < 1.29 is 0 Å². The van der Waals surface area contributed by atoms with Crippen molar-refractivity contribution in [3.8, 4) is 0 Å². The first-order chi connectivity index (χ1) is 4.70. The maximum atomic E-state index is 3.36. The predicted molar refractivity (Wildman–Crippen MR) is 44.7 cm³/mol. The summed E-state index contributed by atoms with van der Waals surface area (Å²) in [6, 6.07) is 0. The highest BCUT2D eigenvalue weighted by Crippen LogP contribution is 2.10. The van der Waals surface area contributed by atoms with Crippen LogP contribution in [0.25, 0.3) is 0 Å². The molecule has 0 unspecified atom stereocenters. The van der Waals surface area contributed by atoms with Gasteiger partial charge in [0.1, 0.15) is 0 Å². The summed E-state index contributed by atoms with van der Waals surface area (Å²) in [5, 5.41) is 3.36. The van der Waals surface area contributed by atoms with Gasteiger partial charge in [-0.25, -0.2) is 0 Å². The number of nitrogens with one attached hydrogen (secondary N) is 1. The van der Waals surface area contributed by atoms with Gasteiger partial charge < -0.3 is 5.32 Å². The lowest BCUT2D eigenvalue weighted by atomic mass is 10.1.